The first kappa shape index (κ1) is 15.0. The topological polar surface area (TPSA) is 71.2 Å². The molecule has 0 aliphatic rings. The third kappa shape index (κ3) is 3.58. The van der Waals surface area contributed by atoms with Crippen molar-refractivity contribution in [2.24, 2.45) is 5.84 Å². The van der Waals surface area contributed by atoms with Gasteiger partial charge in [-0.05, 0) is 37.6 Å². The van der Waals surface area contributed by atoms with Crippen molar-refractivity contribution in [3.8, 4) is 0 Å². The summed E-state index contributed by atoms with van der Waals surface area (Å²) in [4.78, 5) is 18.0. The molecule has 1 aromatic carbocycles. The van der Waals surface area contributed by atoms with E-state index in [4.69, 9.17) is 5.84 Å². The van der Waals surface area contributed by atoms with Crippen molar-refractivity contribution < 1.29 is 4.79 Å². The monoisotopic (exact) mass is 284 g/mol. The maximum absolute atomic E-state index is 11.4. The van der Waals surface area contributed by atoms with Crippen LogP contribution in [0.3, 0.4) is 0 Å². The van der Waals surface area contributed by atoms with Gasteiger partial charge in [-0.3, -0.25) is 15.2 Å². The van der Waals surface area contributed by atoms with E-state index in [0.29, 0.717) is 12.1 Å². The number of aryl methyl sites for hydroxylation is 1. The first-order valence-electron chi connectivity index (χ1n) is 6.92. The maximum atomic E-state index is 11.4. The molecule has 1 aromatic heterocycles. The van der Waals surface area contributed by atoms with Crippen molar-refractivity contribution in [1.29, 1.82) is 0 Å². The van der Waals surface area contributed by atoms with E-state index >= 15 is 0 Å². The Morgan fingerprint density at radius 2 is 2.05 bits per heavy atom. The van der Waals surface area contributed by atoms with Crippen molar-refractivity contribution in [1.82, 2.24) is 10.4 Å². The molecule has 0 atom stereocenters. The van der Waals surface area contributed by atoms with Gasteiger partial charge in [0.2, 0.25) is 0 Å². The Balaban J connectivity index is 2.16. The number of hydrazine groups is 1. The van der Waals surface area contributed by atoms with Crippen molar-refractivity contribution in [3.05, 3.63) is 59.4 Å². The summed E-state index contributed by atoms with van der Waals surface area (Å²) in [5.41, 5.74) is 5.90. The lowest BCUT2D eigenvalue weighted by molar-refractivity contribution is 0.0953. The fourth-order valence-corrected chi connectivity index (χ4v) is 2.22. The van der Waals surface area contributed by atoms with Gasteiger partial charge in [-0.25, -0.2) is 5.84 Å². The van der Waals surface area contributed by atoms with Crippen molar-refractivity contribution in [2.45, 2.75) is 20.4 Å². The Morgan fingerprint density at radius 1 is 1.29 bits per heavy atom. The van der Waals surface area contributed by atoms with E-state index in [1.54, 1.807) is 12.3 Å². The highest BCUT2D eigenvalue weighted by atomic mass is 16.2. The number of para-hydroxylation sites is 1. The molecule has 3 N–H and O–H groups in total. The summed E-state index contributed by atoms with van der Waals surface area (Å²) in [6.45, 7) is 5.80. The van der Waals surface area contributed by atoms with Crippen LogP contribution in [0.25, 0.3) is 0 Å². The molecule has 21 heavy (non-hydrogen) atoms. The fourth-order valence-electron chi connectivity index (χ4n) is 2.22. The molecule has 2 rings (SSSR count). The zero-order valence-corrected chi connectivity index (χ0v) is 12.3. The number of amides is 1. The van der Waals surface area contributed by atoms with Crippen LogP contribution >= 0.6 is 0 Å². The molecule has 0 unspecified atom stereocenters. The van der Waals surface area contributed by atoms with Crippen LogP contribution in [-0.4, -0.2) is 17.4 Å². The quantitative estimate of drug-likeness (QED) is 0.500. The minimum Gasteiger partial charge on any atom is -0.366 e. The third-order valence-corrected chi connectivity index (χ3v) is 3.41. The summed E-state index contributed by atoms with van der Waals surface area (Å²) in [5.74, 6) is 4.77. The van der Waals surface area contributed by atoms with Gasteiger partial charge in [-0.2, -0.15) is 0 Å². The Morgan fingerprint density at radius 3 is 2.62 bits per heavy atom. The second kappa shape index (κ2) is 6.85. The summed E-state index contributed by atoms with van der Waals surface area (Å²) in [6, 6.07) is 11.9. The average Bonchev–Trinajstić information content (AvgIpc) is 2.53. The van der Waals surface area contributed by atoms with E-state index in [-0.39, 0.29) is 5.91 Å². The minimum atomic E-state index is -0.333. The Kier molecular flexibility index (Phi) is 4.90. The van der Waals surface area contributed by atoms with E-state index < -0.39 is 0 Å². The van der Waals surface area contributed by atoms with Gasteiger partial charge in [0.1, 0.15) is 0 Å². The molecule has 0 saturated heterocycles. The van der Waals surface area contributed by atoms with Crippen molar-refractivity contribution in [3.63, 3.8) is 0 Å². The summed E-state index contributed by atoms with van der Waals surface area (Å²) in [6.07, 6.45) is 1.54. The number of pyridine rings is 1. The van der Waals surface area contributed by atoms with Gasteiger partial charge >= 0.3 is 0 Å². The number of benzene rings is 1. The van der Waals surface area contributed by atoms with E-state index in [9.17, 15) is 4.79 Å². The standard InChI is InChI=1S/C16H20N4O/c1-3-20(15-7-5-4-6-12(15)2)11-14-9-8-13(10-18-14)16(21)19-17/h4-10H,3,11,17H2,1-2H3,(H,19,21). The van der Waals surface area contributed by atoms with Gasteiger partial charge in [0, 0.05) is 18.4 Å². The predicted octanol–water partition coefficient (Wildman–Crippen LogP) is 2.02. The summed E-state index contributed by atoms with van der Waals surface area (Å²) in [7, 11) is 0. The average molecular weight is 284 g/mol. The number of nitrogens with zero attached hydrogens (tertiary/aromatic N) is 2. The highest BCUT2D eigenvalue weighted by Gasteiger charge is 2.09. The number of carbonyl (C=O) groups excluding carboxylic acids is 1. The van der Waals surface area contributed by atoms with Gasteiger partial charge in [0.15, 0.2) is 0 Å². The number of aromatic nitrogens is 1. The van der Waals surface area contributed by atoms with Crippen molar-refractivity contribution in [2.75, 3.05) is 11.4 Å². The second-order valence-electron chi connectivity index (χ2n) is 4.81. The maximum Gasteiger partial charge on any atom is 0.266 e. The molecular formula is C16H20N4O. The molecule has 5 nitrogen and oxygen atoms in total. The Bertz CT molecular complexity index is 610. The highest BCUT2D eigenvalue weighted by molar-refractivity contribution is 5.93. The Hall–Kier alpha value is -2.40. The van der Waals surface area contributed by atoms with Crippen LogP contribution in [0.2, 0.25) is 0 Å². The number of hydrogen-bond donors (Lipinski definition) is 2. The lowest BCUT2D eigenvalue weighted by Gasteiger charge is -2.24. The molecule has 110 valence electrons. The second-order valence-corrected chi connectivity index (χ2v) is 4.81. The number of rotatable bonds is 5. The first-order chi connectivity index (χ1) is 10.2. The van der Waals surface area contributed by atoms with Crippen LogP contribution in [0, 0.1) is 6.92 Å². The summed E-state index contributed by atoms with van der Waals surface area (Å²) >= 11 is 0. The highest BCUT2D eigenvalue weighted by Crippen LogP contribution is 2.20. The molecule has 0 saturated carbocycles. The summed E-state index contributed by atoms with van der Waals surface area (Å²) in [5, 5.41) is 0. The molecule has 1 amide bonds. The lowest BCUT2D eigenvalue weighted by Crippen LogP contribution is -2.30. The number of nitrogens with one attached hydrogen (secondary N) is 1. The number of anilines is 1. The molecule has 2 aromatic rings. The SMILES string of the molecule is CCN(Cc1ccc(C(=O)NN)cn1)c1ccccc1C. The predicted molar refractivity (Wildman–Crippen MR) is 83.8 cm³/mol. The number of nitrogens with two attached hydrogens (primary N) is 1. The largest absolute Gasteiger partial charge is 0.366 e. The first-order valence-corrected chi connectivity index (χ1v) is 6.92. The normalized spacial score (nSPS) is 10.2. The van der Waals surface area contributed by atoms with Crippen LogP contribution in [0.1, 0.15) is 28.5 Å². The minimum absolute atomic E-state index is 0.333. The molecule has 0 radical (unpaired) electrons. The van der Waals surface area contributed by atoms with Gasteiger partial charge in [0.05, 0.1) is 17.8 Å². The Labute approximate surface area is 124 Å². The van der Waals surface area contributed by atoms with Crippen LogP contribution in [0.15, 0.2) is 42.6 Å². The van der Waals surface area contributed by atoms with E-state index in [2.05, 4.69) is 41.3 Å². The molecule has 1 heterocycles. The third-order valence-electron chi connectivity index (χ3n) is 3.41. The van der Waals surface area contributed by atoms with Crippen LogP contribution in [-0.2, 0) is 6.54 Å². The number of carbonyl (C=O) groups is 1. The number of nitrogen functional groups attached to an aromatic ring is 1. The molecule has 0 aliphatic heterocycles. The molecule has 5 heteroatoms. The van der Waals surface area contributed by atoms with Gasteiger partial charge in [-0.1, -0.05) is 18.2 Å². The van der Waals surface area contributed by atoms with Crippen LogP contribution in [0.5, 0.6) is 0 Å². The zero-order chi connectivity index (χ0) is 15.2. The van der Waals surface area contributed by atoms with E-state index in [1.165, 1.54) is 11.3 Å². The molecular weight excluding hydrogens is 264 g/mol. The summed E-state index contributed by atoms with van der Waals surface area (Å²) < 4.78 is 0. The van der Waals surface area contributed by atoms with Gasteiger partial charge in [0.25, 0.3) is 5.91 Å². The molecule has 0 fully saturated rings. The molecule has 0 bridgehead atoms. The lowest BCUT2D eigenvalue weighted by atomic mass is 10.1. The van der Waals surface area contributed by atoms with Crippen LogP contribution < -0.4 is 16.2 Å². The molecule has 0 aliphatic carbocycles. The zero-order valence-electron chi connectivity index (χ0n) is 12.3. The van der Waals surface area contributed by atoms with Crippen molar-refractivity contribution >= 4 is 11.6 Å². The van der Waals surface area contributed by atoms with E-state index in [0.717, 1.165) is 12.2 Å². The van der Waals surface area contributed by atoms with Crippen LogP contribution in [0.4, 0.5) is 5.69 Å². The number of hydrogen-bond acceptors (Lipinski definition) is 4. The molecule has 0 spiro atoms. The van der Waals surface area contributed by atoms with E-state index in [1.807, 2.05) is 18.2 Å². The smallest absolute Gasteiger partial charge is 0.266 e. The fraction of sp³-hybridized carbons (Fsp3) is 0.250. The van der Waals surface area contributed by atoms with Gasteiger partial charge < -0.3 is 4.90 Å². The van der Waals surface area contributed by atoms with Gasteiger partial charge in [-0.15, -0.1) is 0 Å².